The molecule has 0 atom stereocenters. The Morgan fingerprint density at radius 2 is 1.74 bits per heavy atom. The number of sulfonamides is 1. The lowest BCUT2D eigenvalue weighted by molar-refractivity contribution is 0.149. The number of rotatable bonds is 11. The van der Waals surface area contributed by atoms with Crippen LogP contribution in [0, 0.1) is 5.41 Å². The summed E-state index contributed by atoms with van der Waals surface area (Å²) in [5.74, 6) is 1.43. The Kier molecular flexibility index (Phi) is 9.20. The van der Waals surface area contributed by atoms with E-state index in [1.165, 1.54) is 18.6 Å². The van der Waals surface area contributed by atoms with Crippen LogP contribution in [-0.2, 0) is 16.4 Å². The van der Waals surface area contributed by atoms with Crippen LogP contribution in [0.1, 0.15) is 80.0 Å². The van der Waals surface area contributed by atoms with E-state index < -0.39 is 22.9 Å². The van der Waals surface area contributed by atoms with Crippen LogP contribution in [0.4, 0.5) is 8.78 Å². The summed E-state index contributed by atoms with van der Waals surface area (Å²) >= 11 is 0. The number of ether oxygens (including phenoxy) is 1. The van der Waals surface area contributed by atoms with Gasteiger partial charge >= 0.3 is 0 Å². The summed E-state index contributed by atoms with van der Waals surface area (Å²) in [6, 6.07) is 19.3. The fourth-order valence-corrected chi connectivity index (χ4v) is 7.70. The third-order valence-corrected chi connectivity index (χ3v) is 10.4. The summed E-state index contributed by atoms with van der Waals surface area (Å²) in [4.78, 5) is 4.41. The van der Waals surface area contributed by atoms with Gasteiger partial charge in [-0.1, -0.05) is 62.9 Å². The number of nitrogens with one attached hydrogen (secondary N) is 2. The molecule has 4 aromatic rings. The van der Waals surface area contributed by atoms with Gasteiger partial charge in [-0.15, -0.1) is 0 Å². The first-order chi connectivity index (χ1) is 22.2. The standard InChI is InChI=1S/C36H38F2N4O3S/c1-2-3-17-41-46(43,44)27-15-13-26(14-16-27)45-30-20-24(22-9-5-4-6-10-22)18-25-19-29-34(36(40)42-35(29)39)33(32(25)30)28-12-8-7-11-23(28)21-31(37)38/h7-8,11-16,18-20,22,31,41H,2-6,9-10,17,21H2,1H3,(H3,39,40,42). The first-order valence-electron chi connectivity index (χ1n) is 15.9. The van der Waals surface area contributed by atoms with Crippen molar-refractivity contribution in [3.63, 3.8) is 0 Å². The normalized spacial score (nSPS) is 15.4. The van der Waals surface area contributed by atoms with Gasteiger partial charge in [-0.3, -0.25) is 5.41 Å². The van der Waals surface area contributed by atoms with Gasteiger partial charge < -0.3 is 10.5 Å². The number of aliphatic imine (C=N–C) groups is 1. The Balaban J connectivity index is 1.55. The second-order valence-electron chi connectivity index (χ2n) is 12.0. The molecule has 46 heavy (non-hydrogen) atoms. The van der Waals surface area contributed by atoms with E-state index in [1.807, 2.05) is 19.1 Å². The molecule has 1 saturated carbocycles. The van der Waals surface area contributed by atoms with Crippen molar-refractivity contribution >= 4 is 32.5 Å². The minimum Gasteiger partial charge on any atom is -0.457 e. The fourth-order valence-electron chi connectivity index (χ4n) is 6.63. The highest BCUT2D eigenvalue weighted by Crippen LogP contribution is 2.46. The Morgan fingerprint density at radius 1 is 1.00 bits per heavy atom. The third kappa shape index (κ3) is 6.41. The van der Waals surface area contributed by atoms with E-state index in [0.29, 0.717) is 57.2 Å². The van der Waals surface area contributed by atoms with Gasteiger partial charge in [0.15, 0.2) is 5.84 Å². The number of hydrogen-bond donors (Lipinski definition) is 3. The molecule has 0 spiro atoms. The van der Waals surface area contributed by atoms with Gasteiger partial charge in [0.25, 0.3) is 0 Å². The molecule has 1 aliphatic heterocycles. The number of hydrogen-bond acceptors (Lipinski definition) is 5. The molecular weight excluding hydrogens is 606 g/mol. The van der Waals surface area contributed by atoms with Crippen LogP contribution in [0.25, 0.3) is 21.9 Å². The van der Waals surface area contributed by atoms with Crippen LogP contribution in [0.15, 0.2) is 76.6 Å². The monoisotopic (exact) mass is 644 g/mol. The van der Waals surface area contributed by atoms with E-state index in [4.69, 9.17) is 15.9 Å². The van der Waals surface area contributed by atoms with E-state index in [2.05, 4.69) is 15.8 Å². The molecule has 6 rings (SSSR count). The zero-order valence-electron chi connectivity index (χ0n) is 25.8. The van der Waals surface area contributed by atoms with Crippen LogP contribution >= 0.6 is 0 Å². The van der Waals surface area contributed by atoms with Crippen LogP contribution < -0.4 is 15.2 Å². The molecule has 4 aromatic carbocycles. The lowest BCUT2D eigenvalue weighted by Crippen LogP contribution is -2.24. The smallest absolute Gasteiger partial charge is 0.242 e. The van der Waals surface area contributed by atoms with Crippen molar-refractivity contribution in [2.24, 2.45) is 10.7 Å². The molecule has 10 heteroatoms. The number of alkyl halides is 2. The molecule has 0 bridgehead atoms. The average molecular weight is 645 g/mol. The highest BCUT2D eigenvalue weighted by molar-refractivity contribution is 7.89. The fraction of sp³-hybridized carbons (Fsp3) is 0.333. The summed E-state index contributed by atoms with van der Waals surface area (Å²) < 4.78 is 62.5. The predicted molar refractivity (Wildman–Crippen MR) is 179 cm³/mol. The van der Waals surface area contributed by atoms with Crippen molar-refractivity contribution in [3.8, 4) is 22.6 Å². The Hall–Kier alpha value is -4.15. The SMILES string of the molecule is CCCCNS(=O)(=O)c1ccc(Oc2cc(C3CCCCC3)cc3cc4c(c(-c5ccccc5CC(F)F)c23)C(N)=NC4=N)cc1. The molecule has 0 aromatic heterocycles. The van der Waals surface area contributed by atoms with Gasteiger partial charge in [0.1, 0.15) is 17.3 Å². The van der Waals surface area contributed by atoms with Crippen molar-refractivity contribution in [3.05, 3.63) is 89.0 Å². The molecule has 1 aliphatic carbocycles. The van der Waals surface area contributed by atoms with E-state index in [9.17, 15) is 17.2 Å². The van der Waals surface area contributed by atoms with Gasteiger partial charge in [-0.25, -0.2) is 26.9 Å². The molecule has 0 unspecified atom stereocenters. The summed E-state index contributed by atoms with van der Waals surface area (Å²) in [6.07, 6.45) is 4.15. The maximum absolute atomic E-state index is 13.8. The molecular formula is C36H38F2N4O3S. The zero-order chi connectivity index (χ0) is 32.4. The topological polar surface area (TPSA) is 118 Å². The zero-order valence-corrected chi connectivity index (χ0v) is 26.6. The molecule has 0 radical (unpaired) electrons. The van der Waals surface area contributed by atoms with Crippen molar-refractivity contribution in [2.75, 3.05) is 6.54 Å². The van der Waals surface area contributed by atoms with E-state index in [0.717, 1.165) is 49.5 Å². The lowest BCUT2D eigenvalue weighted by atomic mass is 9.81. The third-order valence-electron chi connectivity index (χ3n) is 8.89. The van der Waals surface area contributed by atoms with Crippen LogP contribution in [0.5, 0.6) is 11.5 Å². The Bertz CT molecular complexity index is 1920. The molecule has 0 saturated heterocycles. The summed E-state index contributed by atoms with van der Waals surface area (Å²) in [7, 11) is -3.67. The average Bonchev–Trinajstić information content (AvgIpc) is 3.33. The summed E-state index contributed by atoms with van der Waals surface area (Å²) in [5.41, 5.74) is 10.2. The Morgan fingerprint density at radius 3 is 2.46 bits per heavy atom. The molecule has 1 fully saturated rings. The van der Waals surface area contributed by atoms with E-state index in [-0.39, 0.29) is 16.6 Å². The second kappa shape index (κ2) is 13.3. The number of amidine groups is 2. The first kappa shape index (κ1) is 31.8. The largest absolute Gasteiger partial charge is 0.457 e. The van der Waals surface area contributed by atoms with Crippen LogP contribution in [0.2, 0.25) is 0 Å². The highest BCUT2D eigenvalue weighted by Gasteiger charge is 2.29. The van der Waals surface area contributed by atoms with Crippen molar-refractivity contribution in [2.45, 2.75) is 75.5 Å². The van der Waals surface area contributed by atoms with Crippen molar-refractivity contribution in [1.82, 2.24) is 4.72 Å². The number of fused-ring (bicyclic) bond motifs is 2. The Labute approximate surface area is 268 Å². The minimum absolute atomic E-state index is 0.0249. The van der Waals surface area contributed by atoms with Crippen molar-refractivity contribution in [1.29, 1.82) is 5.41 Å². The molecule has 0 amide bonds. The lowest BCUT2D eigenvalue weighted by Gasteiger charge is -2.25. The van der Waals surface area contributed by atoms with Crippen LogP contribution in [0.3, 0.4) is 0 Å². The minimum atomic E-state index is -3.67. The number of nitrogens with two attached hydrogens (primary N) is 1. The molecule has 1 heterocycles. The summed E-state index contributed by atoms with van der Waals surface area (Å²) in [6.45, 7) is 2.36. The maximum atomic E-state index is 13.8. The maximum Gasteiger partial charge on any atom is 0.242 e. The van der Waals surface area contributed by atoms with Crippen molar-refractivity contribution < 1.29 is 21.9 Å². The predicted octanol–water partition coefficient (Wildman–Crippen LogP) is 8.28. The van der Waals surface area contributed by atoms with Gasteiger partial charge in [0, 0.05) is 35.0 Å². The second-order valence-corrected chi connectivity index (χ2v) is 13.8. The van der Waals surface area contributed by atoms with Gasteiger partial charge in [0.2, 0.25) is 16.4 Å². The number of benzene rings is 4. The van der Waals surface area contributed by atoms with E-state index in [1.54, 1.807) is 36.4 Å². The number of halogens is 2. The quantitative estimate of drug-likeness (QED) is 0.142. The number of nitrogens with zero attached hydrogens (tertiary/aromatic N) is 1. The van der Waals surface area contributed by atoms with Gasteiger partial charge in [-0.2, -0.15) is 0 Å². The number of unbranched alkanes of at least 4 members (excludes halogenated alkanes) is 1. The summed E-state index contributed by atoms with van der Waals surface area (Å²) in [5, 5.41) is 10.1. The first-order valence-corrected chi connectivity index (χ1v) is 17.4. The molecule has 4 N–H and O–H groups in total. The molecule has 7 nitrogen and oxygen atoms in total. The van der Waals surface area contributed by atoms with E-state index >= 15 is 0 Å². The van der Waals surface area contributed by atoms with Gasteiger partial charge in [-0.05, 0) is 83.7 Å². The molecule has 2 aliphatic rings. The van der Waals surface area contributed by atoms with Crippen LogP contribution in [-0.4, -0.2) is 33.1 Å². The molecule has 240 valence electrons. The highest BCUT2D eigenvalue weighted by atomic mass is 32.2. The van der Waals surface area contributed by atoms with Gasteiger partial charge in [0.05, 0.1) is 4.90 Å².